The fourth-order valence-electron chi connectivity index (χ4n) is 2.92. The van der Waals surface area contributed by atoms with E-state index in [0.717, 1.165) is 0 Å². The Kier molecular flexibility index (Phi) is 3.34. The molecule has 0 radical (unpaired) electrons. The monoisotopic (exact) mass is 252 g/mol. The lowest BCUT2D eigenvalue weighted by Gasteiger charge is -2.20. The molecule has 98 valence electrons. The average molecular weight is 252 g/mol. The molecule has 1 heterocycles. The van der Waals surface area contributed by atoms with E-state index in [0.29, 0.717) is 12.1 Å². The van der Waals surface area contributed by atoms with Crippen molar-refractivity contribution in [1.29, 1.82) is 0 Å². The summed E-state index contributed by atoms with van der Waals surface area (Å²) in [6.45, 7) is 4.38. The van der Waals surface area contributed by atoms with Crippen molar-refractivity contribution in [2.45, 2.75) is 38.8 Å². The van der Waals surface area contributed by atoms with Crippen molar-refractivity contribution in [3.8, 4) is 0 Å². The SMILES string of the molecule is Cc1ccc2c(c1)C(N[C@H](C)c1cccnc1)CC2. The molecule has 2 atom stereocenters. The van der Waals surface area contributed by atoms with Crippen molar-refractivity contribution in [1.82, 2.24) is 10.3 Å². The first-order chi connectivity index (χ1) is 9.24. The van der Waals surface area contributed by atoms with Crippen LogP contribution in [0.3, 0.4) is 0 Å². The summed E-state index contributed by atoms with van der Waals surface area (Å²) in [7, 11) is 0. The van der Waals surface area contributed by atoms with Gasteiger partial charge < -0.3 is 5.32 Å². The quantitative estimate of drug-likeness (QED) is 0.900. The molecule has 0 fully saturated rings. The molecule has 19 heavy (non-hydrogen) atoms. The third-order valence-corrected chi connectivity index (χ3v) is 4.01. The van der Waals surface area contributed by atoms with E-state index in [-0.39, 0.29) is 0 Å². The summed E-state index contributed by atoms with van der Waals surface area (Å²) >= 11 is 0. The van der Waals surface area contributed by atoms with E-state index in [1.54, 1.807) is 0 Å². The number of pyridine rings is 1. The molecule has 2 nitrogen and oxygen atoms in total. The molecular formula is C17H20N2. The van der Waals surface area contributed by atoms with Crippen LogP contribution in [-0.4, -0.2) is 4.98 Å². The molecule has 1 N–H and O–H groups in total. The number of nitrogens with one attached hydrogen (secondary N) is 1. The lowest BCUT2D eigenvalue weighted by atomic mass is 10.0. The second-order valence-corrected chi connectivity index (χ2v) is 5.47. The molecule has 0 aliphatic heterocycles. The maximum absolute atomic E-state index is 4.20. The van der Waals surface area contributed by atoms with Crippen LogP contribution in [0.2, 0.25) is 0 Å². The van der Waals surface area contributed by atoms with Gasteiger partial charge in [-0.1, -0.05) is 29.8 Å². The molecule has 3 rings (SSSR count). The Morgan fingerprint density at radius 2 is 2.21 bits per heavy atom. The Morgan fingerprint density at radius 3 is 3.00 bits per heavy atom. The van der Waals surface area contributed by atoms with Crippen molar-refractivity contribution in [3.05, 3.63) is 65.0 Å². The highest BCUT2D eigenvalue weighted by molar-refractivity contribution is 5.37. The van der Waals surface area contributed by atoms with Gasteiger partial charge in [-0.25, -0.2) is 0 Å². The summed E-state index contributed by atoms with van der Waals surface area (Å²) < 4.78 is 0. The number of benzene rings is 1. The molecule has 0 spiro atoms. The lowest BCUT2D eigenvalue weighted by Crippen LogP contribution is -2.23. The zero-order valence-electron chi connectivity index (χ0n) is 11.6. The standard InChI is InChI=1S/C17H20N2/c1-12-5-6-14-7-8-17(16(14)10-12)19-13(2)15-4-3-9-18-11-15/h3-6,9-11,13,17,19H,7-8H2,1-2H3/t13-,17?/m1/s1. The molecule has 0 amide bonds. The van der Waals surface area contributed by atoms with Crippen molar-refractivity contribution in [3.63, 3.8) is 0 Å². The van der Waals surface area contributed by atoms with Crippen LogP contribution in [-0.2, 0) is 6.42 Å². The van der Waals surface area contributed by atoms with E-state index < -0.39 is 0 Å². The lowest BCUT2D eigenvalue weighted by molar-refractivity contribution is 0.464. The van der Waals surface area contributed by atoms with Gasteiger partial charge in [-0.05, 0) is 49.4 Å². The fraction of sp³-hybridized carbons (Fsp3) is 0.353. The molecule has 2 aromatic rings. The van der Waals surface area contributed by atoms with Crippen molar-refractivity contribution < 1.29 is 0 Å². The van der Waals surface area contributed by atoms with E-state index in [9.17, 15) is 0 Å². The van der Waals surface area contributed by atoms with E-state index in [1.165, 1.54) is 35.1 Å². The van der Waals surface area contributed by atoms with E-state index in [1.807, 2.05) is 18.5 Å². The van der Waals surface area contributed by atoms with E-state index in [2.05, 4.69) is 48.4 Å². The van der Waals surface area contributed by atoms with Gasteiger partial charge in [0.15, 0.2) is 0 Å². The Balaban J connectivity index is 1.78. The summed E-state index contributed by atoms with van der Waals surface area (Å²) in [4.78, 5) is 4.20. The van der Waals surface area contributed by atoms with Gasteiger partial charge in [-0.15, -0.1) is 0 Å². The zero-order valence-corrected chi connectivity index (χ0v) is 11.6. The van der Waals surface area contributed by atoms with Gasteiger partial charge in [0.1, 0.15) is 0 Å². The summed E-state index contributed by atoms with van der Waals surface area (Å²) in [6.07, 6.45) is 6.16. The van der Waals surface area contributed by atoms with Crippen molar-refractivity contribution in [2.75, 3.05) is 0 Å². The zero-order chi connectivity index (χ0) is 13.2. The first kappa shape index (κ1) is 12.4. The largest absolute Gasteiger partial charge is 0.303 e. The number of hydrogen-bond donors (Lipinski definition) is 1. The number of rotatable bonds is 3. The highest BCUT2D eigenvalue weighted by Crippen LogP contribution is 2.33. The van der Waals surface area contributed by atoms with Gasteiger partial charge in [-0.2, -0.15) is 0 Å². The smallest absolute Gasteiger partial charge is 0.0331 e. The second-order valence-electron chi connectivity index (χ2n) is 5.47. The molecule has 1 aliphatic rings. The molecule has 0 saturated carbocycles. The van der Waals surface area contributed by atoms with Crippen molar-refractivity contribution in [2.24, 2.45) is 0 Å². The van der Waals surface area contributed by atoms with Crippen LogP contribution in [0.15, 0.2) is 42.7 Å². The Labute approximate surface area is 114 Å². The number of fused-ring (bicyclic) bond motifs is 1. The number of aryl methyl sites for hydroxylation is 2. The first-order valence-corrected chi connectivity index (χ1v) is 6.99. The normalized spacial score (nSPS) is 19.2. The molecule has 1 unspecified atom stereocenters. The van der Waals surface area contributed by atoms with Crippen LogP contribution in [0.4, 0.5) is 0 Å². The number of nitrogens with zero attached hydrogens (tertiary/aromatic N) is 1. The third kappa shape index (κ3) is 2.54. The van der Waals surface area contributed by atoms with E-state index >= 15 is 0 Å². The average Bonchev–Trinajstić information content (AvgIpc) is 2.82. The van der Waals surface area contributed by atoms with Crippen LogP contribution < -0.4 is 5.32 Å². The third-order valence-electron chi connectivity index (χ3n) is 4.01. The van der Waals surface area contributed by atoms with Gasteiger partial charge in [-0.3, -0.25) is 4.98 Å². The topological polar surface area (TPSA) is 24.9 Å². The maximum atomic E-state index is 4.20. The minimum Gasteiger partial charge on any atom is -0.303 e. The molecule has 1 aliphatic carbocycles. The molecular weight excluding hydrogens is 232 g/mol. The van der Waals surface area contributed by atoms with Crippen LogP contribution in [0.25, 0.3) is 0 Å². The van der Waals surface area contributed by atoms with Gasteiger partial charge in [0.05, 0.1) is 0 Å². The van der Waals surface area contributed by atoms with Crippen LogP contribution >= 0.6 is 0 Å². The molecule has 0 bridgehead atoms. The van der Waals surface area contributed by atoms with Gasteiger partial charge in [0.25, 0.3) is 0 Å². The fourth-order valence-corrected chi connectivity index (χ4v) is 2.92. The minimum absolute atomic E-state index is 0.338. The van der Waals surface area contributed by atoms with Gasteiger partial charge in [0, 0.05) is 24.5 Å². The minimum atomic E-state index is 0.338. The summed E-state index contributed by atoms with van der Waals surface area (Å²) in [5, 5.41) is 3.74. The van der Waals surface area contributed by atoms with Gasteiger partial charge >= 0.3 is 0 Å². The molecule has 2 heteroatoms. The highest BCUT2D eigenvalue weighted by Gasteiger charge is 2.23. The highest BCUT2D eigenvalue weighted by atomic mass is 15.0. The maximum Gasteiger partial charge on any atom is 0.0331 e. The number of hydrogen-bond acceptors (Lipinski definition) is 2. The van der Waals surface area contributed by atoms with Crippen molar-refractivity contribution >= 4 is 0 Å². The molecule has 0 saturated heterocycles. The summed E-state index contributed by atoms with van der Waals surface area (Å²) in [5.41, 5.74) is 5.59. The molecule has 1 aromatic heterocycles. The van der Waals surface area contributed by atoms with E-state index in [4.69, 9.17) is 0 Å². The predicted molar refractivity (Wildman–Crippen MR) is 78.0 cm³/mol. The molecule has 1 aromatic carbocycles. The van der Waals surface area contributed by atoms with Crippen LogP contribution in [0, 0.1) is 6.92 Å². The summed E-state index contributed by atoms with van der Waals surface area (Å²) in [6, 6.07) is 11.8. The van der Waals surface area contributed by atoms with Crippen LogP contribution in [0.5, 0.6) is 0 Å². The Bertz CT molecular complexity index is 563. The summed E-state index contributed by atoms with van der Waals surface area (Å²) in [5.74, 6) is 0. The van der Waals surface area contributed by atoms with Crippen LogP contribution in [0.1, 0.15) is 47.7 Å². The predicted octanol–water partition coefficient (Wildman–Crippen LogP) is 3.73. The van der Waals surface area contributed by atoms with Gasteiger partial charge in [0.2, 0.25) is 0 Å². The Hall–Kier alpha value is -1.67. The first-order valence-electron chi connectivity index (χ1n) is 6.99. The second kappa shape index (κ2) is 5.14. The number of aromatic nitrogens is 1. The Morgan fingerprint density at radius 1 is 1.32 bits per heavy atom.